The number of fused-ring (bicyclic) bond motifs is 1. The van der Waals surface area contributed by atoms with Gasteiger partial charge in [0.05, 0.1) is 6.54 Å². The lowest BCUT2D eigenvalue weighted by Crippen LogP contribution is -2.20. The van der Waals surface area contributed by atoms with Gasteiger partial charge >= 0.3 is 0 Å². The minimum Gasteiger partial charge on any atom is -0.332 e. The molecule has 1 heterocycles. The first-order valence-electron chi connectivity index (χ1n) is 8.47. The van der Waals surface area contributed by atoms with Crippen molar-refractivity contribution >= 4 is 51.3 Å². The van der Waals surface area contributed by atoms with Gasteiger partial charge in [-0.3, -0.25) is 5.32 Å². The van der Waals surface area contributed by atoms with Gasteiger partial charge in [-0.15, -0.1) is 5.10 Å². The number of anilines is 2. The number of nitrogens with one attached hydrogen (secondary N) is 2. The van der Waals surface area contributed by atoms with Crippen molar-refractivity contribution in [3.05, 3.63) is 83.4 Å². The molecule has 2 N–H and O–H groups in total. The van der Waals surface area contributed by atoms with Gasteiger partial charge in [0.1, 0.15) is 12.1 Å². The third-order valence-corrected chi connectivity index (χ3v) is 4.70. The van der Waals surface area contributed by atoms with Crippen LogP contribution >= 0.6 is 23.8 Å². The highest BCUT2D eigenvalue weighted by molar-refractivity contribution is 7.80. The van der Waals surface area contributed by atoms with E-state index in [1.807, 2.05) is 42.5 Å². The van der Waals surface area contributed by atoms with Gasteiger partial charge in [0.25, 0.3) is 0 Å². The zero-order valence-electron chi connectivity index (χ0n) is 14.6. The monoisotopic (exact) mass is 411 g/mol. The molecule has 0 aliphatic rings. The predicted octanol–water partition coefficient (Wildman–Crippen LogP) is 5.08. The van der Waals surface area contributed by atoms with Crippen LogP contribution in [0.1, 0.15) is 5.56 Å². The summed E-state index contributed by atoms with van der Waals surface area (Å²) in [5.41, 5.74) is 1.64. The number of benzene rings is 3. The molecule has 5 nitrogen and oxygen atoms in total. The second kappa shape index (κ2) is 7.92. The molecule has 0 unspecified atom stereocenters. The Labute approximate surface area is 171 Å². The lowest BCUT2D eigenvalue weighted by molar-refractivity contribution is 0.624. The lowest BCUT2D eigenvalue weighted by Gasteiger charge is -2.10. The molecular formula is C20H15ClFN5S. The van der Waals surface area contributed by atoms with E-state index >= 15 is 0 Å². The molecule has 140 valence electrons. The highest BCUT2D eigenvalue weighted by Crippen LogP contribution is 2.23. The molecule has 0 aliphatic carbocycles. The van der Waals surface area contributed by atoms with Crippen molar-refractivity contribution in [1.29, 1.82) is 0 Å². The molecule has 0 fully saturated rings. The molecule has 8 heteroatoms. The van der Waals surface area contributed by atoms with Crippen molar-refractivity contribution < 1.29 is 4.39 Å². The molecule has 0 aliphatic heterocycles. The number of aromatic nitrogens is 3. The van der Waals surface area contributed by atoms with Gasteiger partial charge in [-0.25, -0.2) is 14.1 Å². The summed E-state index contributed by atoms with van der Waals surface area (Å²) in [6, 6.07) is 18.3. The Morgan fingerprint density at radius 3 is 2.75 bits per heavy atom. The second-order valence-corrected chi connectivity index (χ2v) is 6.92. The first-order chi connectivity index (χ1) is 13.6. The minimum absolute atomic E-state index is 0.346. The molecule has 28 heavy (non-hydrogen) atoms. The predicted molar refractivity (Wildman–Crippen MR) is 114 cm³/mol. The maximum Gasteiger partial charge on any atom is 0.248 e. The second-order valence-electron chi connectivity index (χ2n) is 6.11. The number of halogens is 2. The van der Waals surface area contributed by atoms with Crippen molar-refractivity contribution in [1.82, 2.24) is 14.8 Å². The molecule has 0 bridgehead atoms. The third-order valence-electron chi connectivity index (χ3n) is 4.15. The molecule has 1 aromatic heterocycles. The fraction of sp³-hybridized carbons (Fsp3) is 0.0500. The Bertz CT molecular complexity index is 1160. The van der Waals surface area contributed by atoms with Crippen LogP contribution in [0, 0.1) is 5.82 Å². The minimum atomic E-state index is -0.375. The first kappa shape index (κ1) is 18.3. The molecule has 0 saturated heterocycles. The van der Waals surface area contributed by atoms with E-state index in [9.17, 15) is 4.39 Å². The van der Waals surface area contributed by atoms with Crippen LogP contribution in [0.15, 0.2) is 67.0 Å². The molecule has 0 radical (unpaired) electrons. The van der Waals surface area contributed by atoms with E-state index in [0.717, 1.165) is 22.0 Å². The van der Waals surface area contributed by atoms with Crippen LogP contribution in [-0.4, -0.2) is 19.9 Å². The largest absolute Gasteiger partial charge is 0.332 e. The molecule has 3 aromatic carbocycles. The summed E-state index contributed by atoms with van der Waals surface area (Å²) in [7, 11) is 0. The normalized spacial score (nSPS) is 10.8. The van der Waals surface area contributed by atoms with Crippen LogP contribution in [0.25, 0.3) is 10.8 Å². The van der Waals surface area contributed by atoms with E-state index in [-0.39, 0.29) is 5.82 Å². The van der Waals surface area contributed by atoms with E-state index in [2.05, 4.69) is 20.7 Å². The summed E-state index contributed by atoms with van der Waals surface area (Å²) >= 11 is 11.4. The third kappa shape index (κ3) is 4.11. The Hall–Kier alpha value is -3.03. The van der Waals surface area contributed by atoms with Gasteiger partial charge in [0, 0.05) is 16.1 Å². The van der Waals surface area contributed by atoms with Crippen LogP contribution in [0.3, 0.4) is 0 Å². The van der Waals surface area contributed by atoms with Crippen LogP contribution in [-0.2, 0) is 6.54 Å². The Morgan fingerprint density at radius 2 is 1.89 bits per heavy atom. The summed E-state index contributed by atoms with van der Waals surface area (Å²) in [6.45, 7) is 0.372. The first-order valence-corrected chi connectivity index (χ1v) is 9.26. The molecule has 4 aromatic rings. The molecule has 0 saturated carbocycles. The van der Waals surface area contributed by atoms with Crippen molar-refractivity contribution in [2.75, 3.05) is 10.6 Å². The number of hydrogen-bond acceptors (Lipinski definition) is 3. The number of nitrogens with zero attached hydrogens (tertiary/aromatic N) is 3. The summed E-state index contributed by atoms with van der Waals surface area (Å²) in [6.07, 6.45) is 1.56. The summed E-state index contributed by atoms with van der Waals surface area (Å²) in [4.78, 5) is 4.20. The van der Waals surface area contributed by atoms with Crippen LogP contribution in [0.5, 0.6) is 0 Å². The average molecular weight is 412 g/mol. The molecule has 0 amide bonds. The smallest absolute Gasteiger partial charge is 0.248 e. The number of rotatable bonds is 4. The van der Waals surface area contributed by atoms with E-state index in [4.69, 9.17) is 23.8 Å². The molecule has 0 spiro atoms. The van der Waals surface area contributed by atoms with E-state index in [1.54, 1.807) is 17.1 Å². The average Bonchev–Trinajstić information content (AvgIpc) is 3.11. The van der Waals surface area contributed by atoms with Crippen LogP contribution in [0.2, 0.25) is 5.02 Å². The fourth-order valence-corrected chi connectivity index (χ4v) is 3.27. The summed E-state index contributed by atoms with van der Waals surface area (Å²) in [5.74, 6) is -0.0180. The zero-order valence-corrected chi connectivity index (χ0v) is 16.1. The summed E-state index contributed by atoms with van der Waals surface area (Å²) in [5, 5.41) is 13.4. The Kier molecular flexibility index (Phi) is 5.18. The standard InChI is InChI=1S/C20H15ClFN5S/c21-17-10-15(22)9-8-14(17)11-27-12-23-19(26-27)25-20(28)24-18-7-3-5-13-4-1-2-6-16(13)18/h1-10,12H,11H2,(H2,24,25,26,28). The molecular weight excluding hydrogens is 397 g/mol. The van der Waals surface area contributed by atoms with Crippen LogP contribution in [0.4, 0.5) is 16.0 Å². The van der Waals surface area contributed by atoms with Gasteiger partial charge in [-0.2, -0.15) is 0 Å². The Morgan fingerprint density at radius 1 is 1.07 bits per heavy atom. The van der Waals surface area contributed by atoms with Gasteiger partial charge in [0.2, 0.25) is 5.95 Å². The van der Waals surface area contributed by atoms with Gasteiger partial charge in [-0.05, 0) is 41.4 Å². The van der Waals surface area contributed by atoms with Crippen molar-refractivity contribution in [3.63, 3.8) is 0 Å². The highest BCUT2D eigenvalue weighted by Gasteiger charge is 2.08. The fourth-order valence-electron chi connectivity index (χ4n) is 2.84. The SMILES string of the molecule is Fc1ccc(Cn2cnc(NC(=S)Nc3cccc4ccccc34)n2)c(Cl)c1. The Balaban J connectivity index is 1.44. The number of hydrogen-bond donors (Lipinski definition) is 2. The van der Waals surface area contributed by atoms with Crippen molar-refractivity contribution in [3.8, 4) is 0 Å². The van der Waals surface area contributed by atoms with E-state index in [0.29, 0.717) is 22.6 Å². The summed E-state index contributed by atoms with van der Waals surface area (Å²) < 4.78 is 14.8. The topological polar surface area (TPSA) is 54.8 Å². The molecule has 0 atom stereocenters. The van der Waals surface area contributed by atoms with Gasteiger partial charge in [-0.1, -0.05) is 54.1 Å². The van der Waals surface area contributed by atoms with E-state index in [1.165, 1.54) is 12.1 Å². The molecule has 4 rings (SSSR count). The maximum absolute atomic E-state index is 13.2. The lowest BCUT2D eigenvalue weighted by atomic mass is 10.1. The van der Waals surface area contributed by atoms with Crippen LogP contribution < -0.4 is 10.6 Å². The number of thiocarbonyl (C=S) groups is 1. The van der Waals surface area contributed by atoms with Gasteiger partial charge in [0.15, 0.2) is 5.11 Å². The highest BCUT2D eigenvalue weighted by atomic mass is 35.5. The van der Waals surface area contributed by atoms with Gasteiger partial charge < -0.3 is 5.32 Å². The maximum atomic E-state index is 13.2. The quantitative estimate of drug-likeness (QED) is 0.458. The van der Waals surface area contributed by atoms with Crippen molar-refractivity contribution in [2.24, 2.45) is 0 Å². The van der Waals surface area contributed by atoms with Crippen molar-refractivity contribution in [2.45, 2.75) is 6.54 Å². The van der Waals surface area contributed by atoms with E-state index < -0.39 is 0 Å². The zero-order chi connectivity index (χ0) is 19.5.